The van der Waals surface area contributed by atoms with Crippen LogP contribution in [0.2, 0.25) is 0 Å². The molecule has 2 aliphatic rings. The Bertz CT molecular complexity index is 1720. The van der Waals surface area contributed by atoms with Gasteiger partial charge < -0.3 is 16.0 Å². The van der Waals surface area contributed by atoms with Crippen LogP contribution in [-0.4, -0.2) is 67.7 Å². The first-order valence-electron chi connectivity index (χ1n) is 13.9. The van der Waals surface area contributed by atoms with Crippen molar-refractivity contribution in [3.63, 3.8) is 0 Å². The lowest BCUT2D eigenvalue weighted by molar-refractivity contribution is -0.137. The Morgan fingerprint density at radius 3 is 2.57 bits per heavy atom. The molecule has 3 aromatic heterocycles. The molecule has 4 aromatic rings. The Kier molecular flexibility index (Phi) is 7.43. The second-order valence-corrected chi connectivity index (χ2v) is 10.9. The van der Waals surface area contributed by atoms with Crippen molar-refractivity contribution in [2.24, 2.45) is 0 Å². The molecule has 0 bridgehead atoms. The van der Waals surface area contributed by atoms with E-state index in [1.54, 1.807) is 27.6 Å². The molecule has 5 heterocycles. The summed E-state index contributed by atoms with van der Waals surface area (Å²) < 4.78 is 68.4. The van der Waals surface area contributed by atoms with Gasteiger partial charge in [0.2, 0.25) is 5.91 Å². The molecule has 2 amide bonds. The van der Waals surface area contributed by atoms with E-state index in [1.165, 1.54) is 18.3 Å². The van der Waals surface area contributed by atoms with Crippen LogP contribution in [0.4, 0.5) is 33.6 Å². The normalized spacial score (nSPS) is 20.2. The summed E-state index contributed by atoms with van der Waals surface area (Å²) in [4.78, 5) is 40.3. The molecule has 2 fully saturated rings. The first-order valence-corrected chi connectivity index (χ1v) is 13.9. The summed E-state index contributed by atoms with van der Waals surface area (Å²) in [7, 11) is 0. The number of carbonyl (C=O) groups is 2. The van der Waals surface area contributed by atoms with Gasteiger partial charge in [-0.25, -0.2) is 23.7 Å². The third-order valence-electron chi connectivity index (χ3n) is 7.87. The average Bonchev–Trinajstić information content (AvgIpc) is 3.57. The molecule has 0 aliphatic carbocycles. The van der Waals surface area contributed by atoms with Gasteiger partial charge in [0, 0.05) is 55.1 Å². The van der Waals surface area contributed by atoms with Gasteiger partial charge >= 0.3 is 6.18 Å². The van der Waals surface area contributed by atoms with E-state index in [1.807, 2.05) is 0 Å². The standard InChI is InChI=1S/C29H27F5N8O2/c30-28(31)13-20(38-15-28)27(44)41-10-1-2-18(14-41)25-40-22(23-24(35)37-9-11-42(23)25)16-3-5-17(6-4-16)26(43)39-21-12-19(7-8-36-21)29(32,33)34/h3-9,11-12,18,20,38H,1-2,10,13-15H2,(H2,35,37)(H,36,39,43)/t18-,20+/m1/s1. The van der Waals surface area contributed by atoms with Crippen LogP contribution >= 0.6 is 0 Å². The van der Waals surface area contributed by atoms with E-state index in [0.29, 0.717) is 48.5 Å². The zero-order valence-corrected chi connectivity index (χ0v) is 23.1. The zero-order chi connectivity index (χ0) is 31.2. The van der Waals surface area contributed by atoms with Gasteiger partial charge in [0.05, 0.1) is 18.2 Å². The van der Waals surface area contributed by atoms with E-state index in [-0.39, 0.29) is 29.0 Å². The number of rotatable bonds is 5. The fourth-order valence-electron chi connectivity index (χ4n) is 5.72. The predicted molar refractivity (Wildman–Crippen MR) is 150 cm³/mol. The van der Waals surface area contributed by atoms with Crippen molar-refractivity contribution in [1.82, 2.24) is 29.6 Å². The lowest BCUT2D eigenvalue weighted by atomic mass is 9.96. The first kappa shape index (κ1) is 29.4. The van der Waals surface area contributed by atoms with E-state index in [4.69, 9.17) is 10.7 Å². The van der Waals surface area contributed by atoms with Gasteiger partial charge in [-0.05, 0) is 37.1 Å². The van der Waals surface area contributed by atoms with E-state index in [2.05, 4.69) is 20.6 Å². The molecule has 15 heteroatoms. The van der Waals surface area contributed by atoms with Crippen LogP contribution < -0.4 is 16.4 Å². The molecule has 2 saturated heterocycles. The van der Waals surface area contributed by atoms with Gasteiger partial charge in [0.25, 0.3) is 11.8 Å². The number of aromatic nitrogens is 4. The van der Waals surface area contributed by atoms with Gasteiger partial charge in [-0.15, -0.1) is 0 Å². The van der Waals surface area contributed by atoms with Crippen molar-refractivity contribution < 1.29 is 31.5 Å². The number of piperidine rings is 1. The number of nitrogen functional groups attached to an aromatic ring is 1. The Morgan fingerprint density at radius 2 is 1.86 bits per heavy atom. The molecule has 2 atom stereocenters. The summed E-state index contributed by atoms with van der Waals surface area (Å²) >= 11 is 0. The number of amides is 2. The minimum Gasteiger partial charge on any atom is -0.382 e. The third kappa shape index (κ3) is 5.78. The Hall–Kier alpha value is -4.66. The minimum absolute atomic E-state index is 0.176. The average molecular weight is 615 g/mol. The van der Waals surface area contributed by atoms with Crippen molar-refractivity contribution in [1.29, 1.82) is 0 Å². The highest BCUT2D eigenvalue weighted by Gasteiger charge is 2.44. The first-order chi connectivity index (χ1) is 20.9. The minimum atomic E-state index is -4.58. The summed E-state index contributed by atoms with van der Waals surface area (Å²) in [6.07, 6.45) is 0.465. The topological polar surface area (TPSA) is 131 Å². The van der Waals surface area contributed by atoms with Gasteiger partial charge in [-0.3, -0.25) is 19.3 Å². The molecule has 44 heavy (non-hydrogen) atoms. The Morgan fingerprint density at radius 1 is 1.09 bits per heavy atom. The van der Waals surface area contributed by atoms with Gasteiger partial charge in [-0.2, -0.15) is 13.2 Å². The summed E-state index contributed by atoms with van der Waals surface area (Å²) in [5, 5.41) is 5.01. The fraction of sp³-hybridized carbons (Fsp3) is 0.345. The number of imidazole rings is 1. The third-order valence-corrected chi connectivity index (χ3v) is 7.87. The number of benzene rings is 1. The van der Waals surface area contributed by atoms with Crippen molar-refractivity contribution in [3.8, 4) is 11.3 Å². The number of hydrogen-bond acceptors (Lipinski definition) is 7. The van der Waals surface area contributed by atoms with E-state index >= 15 is 0 Å². The molecular weight excluding hydrogens is 587 g/mol. The number of anilines is 2. The number of nitrogens with zero attached hydrogens (tertiary/aromatic N) is 5. The quantitative estimate of drug-likeness (QED) is 0.285. The largest absolute Gasteiger partial charge is 0.416 e. The monoisotopic (exact) mass is 614 g/mol. The summed E-state index contributed by atoms with van der Waals surface area (Å²) in [5.74, 6) is -3.54. The molecule has 1 aromatic carbocycles. The maximum Gasteiger partial charge on any atom is 0.416 e. The van der Waals surface area contributed by atoms with Gasteiger partial charge in [-0.1, -0.05) is 12.1 Å². The van der Waals surface area contributed by atoms with Crippen molar-refractivity contribution in [2.75, 3.05) is 30.7 Å². The number of likely N-dealkylation sites (tertiary alicyclic amines) is 1. The van der Waals surface area contributed by atoms with Crippen LogP contribution in [0.5, 0.6) is 0 Å². The smallest absolute Gasteiger partial charge is 0.382 e. The van der Waals surface area contributed by atoms with Crippen molar-refractivity contribution in [2.45, 2.75) is 43.3 Å². The highest BCUT2D eigenvalue weighted by Crippen LogP contribution is 2.35. The number of nitrogens with two attached hydrogens (primary N) is 1. The van der Waals surface area contributed by atoms with Crippen molar-refractivity contribution in [3.05, 3.63) is 71.9 Å². The molecule has 230 valence electrons. The van der Waals surface area contributed by atoms with Crippen LogP contribution in [0.3, 0.4) is 0 Å². The van der Waals surface area contributed by atoms with E-state index in [0.717, 1.165) is 18.3 Å². The highest BCUT2D eigenvalue weighted by atomic mass is 19.4. The molecule has 0 unspecified atom stereocenters. The van der Waals surface area contributed by atoms with Crippen LogP contribution in [0, 0.1) is 0 Å². The lowest BCUT2D eigenvalue weighted by Crippen LogP contribution is -2.47. The SMILES string of the molecule is Nc1nccn2c([C@@H]3CCCN(C(=O)[C@@H]4CC(F)(F)CN4)C3)nc(-c3ccc(C(=O)Nc4cc(C(F)(F)F)ccn4)cc3)c12. The molecular formula is C29H27F5N8O2. The lowest BCUT2D eigenvalue weighted by Gasteiger charge is -2.33. The predicted octanol–water partition coefficient (Wildman–Crippen LogP) is 4.35. The summed E-state index contributed by atoms with van der Waals surface area (Å²) in [5.41, 5.74) is 7.11. The number of alkyl halides is 5. The van der Waals surface area contributed by atoms with Crippen LogP contribution in [0.15, 0.2) is 55.0 Å². The molecule has 0 radical (unpaired) electrons. The van der Waals surface area contributed by atoms with Crippen LogP contribution in [0.25, 0.3) is 16.8 Å². The number of nitrogens with one attached hydrogen (secondary N) is 2. The molecule has 6 rings (SSSR count). The second kappa shape index (κ2) is 11.1. The molecule has 0 saturated carbocycles. The number of pyridine rings is 1. The number of fused-ring (bicyclic) bond motifs is 1. The van der Waals surface area contributed by atoms with Crippen molar-refractivity contribution >= 4 is 29.0 Å². The Balaban J connectivity index is 1.24. The van der Waals surface area contributed by atoms with E-state index in [9.17, 15) is 31.5 Å². The van der Waals surface area contributed by atoms with E-state index < -0.39 is 42.6 Å². The molecule has 0 spiro atoms. The molecule has 2 aliphatic heterocycles. The maximum atomic E-state index is 13.7. The number of hydrogen-bond donors (Lipinski definition) is 3. The van der Waals surface area contributed by atoms with Gasteiger partial charge in [0.15, 0.2) is 0 Å². The highest BCUT2D eigenvalue weighted by molar-refractivity contribution is 6.04. The van der Waals surface area contributed by atoms with Gasteiger partial charge in [0.1, 0.15) is 28.7 Å². The number of halogens is 5. The van der Waals surface area contributed by atoms with Crippen LogP contribution in [0.1, 0.15) is 46.9 Å². The molecule has 4 N–H and O–H groups in total. The second-order valence-electron chi connectivity index (χ2n) is 10.9. The zero-order valence-electron chi connectivity index (χ0n) is 23.1. The van der Waals surface area contributed by atoms with Crippen LogP contribution in [-0.2, 0) is 11.0 Å². The maximum absolute atomic E-state index is 13.7. The Labute approximate surface area is 247 Å². The summed E-state index contributed by atoms with van der Waals surface area (Å²) in [6.45, 7) is 0.230. The molecule has 10 nitrogen and oxygen atoms in total. The summed E-state index contributed by atoms with van der Waals surface area (Å²) in [6, 6.07) is 6.90. The fourth-order valence-corrected chi connectivity index (χ4v) is 5.72. The number of carbonyl (C=O) groups excluding carboxylic acids is 2.